The van der Waals surface area contributed by atoms with E-state index in [9.17, 15) is 14.0 Å². The number of fused-ring (bicyclic) bond motifs is 1. The lowest BCUT2D eigenvalue weighted by atomic mass is 10.1. The maximum atomic E-state index is 14.9. The van der Waals surface area contributed by atoms with E-state index in [0.717, 1.165) is 46.8 Å². The van der Waals surface area contributed by atoms with Gasteiger partial charge < -0.3 is 25.3 Å². The maximum absolute atomic E-state index is 14.9. The van der Waals surface area contributed by atoms with Crippen LogP contribution in [0, 0.1) is 5.82 Å². The summed E-state index contributed by atoms with van der Waals surface area (Å²) in [5, 5.41) is 8.66. The zero-order chi connectivity index (χ0) is 25.1. The number of benzene rings is 1. The summed E-state index contributed by atoms with van der Waals surface area (Å²) in [6.07, 6.45) is 6.53. The van der Waals surface area contributed by atoms with Crippen LogP contribution in [0.3, 0.4) is 0 Å². The highest BCUT2D eigenvalue weighted by molar-refractivity contribution is 7.22. The third kappa shape index (κ3) is 5.37. The van der Waals surface area contributed by atoms with Gasteiger partial charge in [-0.2, -0.15) is 0 Å². The van der Waals surface area contributed by atoms with Crippen molar-refractivity contribution in [1.29, 1.82) is 0 Å². The number of thiophene rings is 1. The van der Waals surface area contributed by atoms with Gasteiger partial charge >= 0.3 is 0 Å². The van der Waals surface area contributed by atoms with Gasteiger partial charge in [0.25, 0.3) is 0 Å². The molecule has 4 aromatic rings. The Bertz CT molecular complexity index is 1410. The number of hydrogen-bond donors (Lipinski definition) is 3. The van der Waals surface area contributed by atoms with E-state index in [-0.39, 0.29) is 29.8 Å². The van der Waals surface area contributed by atoms with Gasteiger partial charge in [-0.25, -0.2) is 9.37 Å². The fourth-order valence-electron chi connectivity index (χ4n) is 4.08. The first-order valence-corrected chi connectivity index (χ1v) is 12.4. The van der Waals surface area contributed by atoms with Gasteiger partial charge in [-0.05, 0) is 44.1 Å². The van der Waals surface area contributed by atoms with Crippen LogP contribution in [0.5, 0.6) is 11.5 Å². The molecule has 1 aromatic carbocycles. The average Bonchev–Trinajstić information content (AvgIpc) is 3.47. The van der Waals surface area contributed by atoms with Crippen LogP contribution in [0.15, 0.2) is 48.9 Å². The number of anilines is 1. The van der Waals surface area contributed by atoms with Crippen LogP contribution in [-0.2, 0) is 16.6 Å². The molecule has 1 aliphatic rings. The number of imidazole rings is 1. The van der Waals surface area contributed by atoms with Crippen LogP contribution >= 0.6 is 11.3 Å². The molecule has 0 atom stereocenters. The number of aromatic nitrogens is 3. The minimum absolute atomic E-state index is 0.0103. The Hall–Kier alpha value is -3.83. The largest absolute Gasteiger partial charge is 0.453 e. The zero-order valence-corrected chi connectivity index (χ0v) is 20.4. The van der Waals surface area contributed by atoms with E-state index in [4.69, 9.17) is 4.74 Å². The average molecular weight is 509 g/mol. The first-order valence-electron chi connectivity index (χ1n) is 11.6. The number of ether oxygens (including phenoxy) is 1. The van der Waals surface area contributed by atoms with E-state index in [0.29, 0.717) is 5.75 Å². The second kappa shape index (κ2) is 10.4. The van der Waals surface area contributed by atoms with E-state index in [1.54, 1.807) is 18.5 Å². The molecule has 0 saturated carbocycles. The summed E-state index contributed by atoms with van der Waals surface area (Å²) < 4.78 is 23.4. The topological polar surface area (TPSA) is 110 Å². The predicted molar refractivity (Wildman–Crippen MR) is 136 cm³/mol. The molecule has 186 valence electrons. The Morgan fingerprint density at radius 3 is 2.72 bits per heavy atom. The molecule has 0 unspecified atom stereocenters. The summed E-state index contributed by atoms with van der Waals surface area (Å²) in [6, 6.07) is 7.82. The Morgan fingerprint density at radius 1 is 1.14 bits per heavy atom. The Kier molecular flexibility index (Phi) is 6.92. The van der Waals surface area contributed by atoms with Crippen molar-refractivity contribution >= 4 is 39.1 Å². The number of aryl methyl sites for hydroxylation is 1. The number of hydrogen-bond acceptors (Lipinski definition) is 7. The van der Waals surface area contributed by atoms with Crippen LogP contribution in [0.2, 0.25) is 0 Å². The summed E-state index contributed by atoms with van der Waals surface area (Å²) >= 11 is 1.46. The number of piperidine rings is 1. The highest BCUT2D eigenvalue weighted by Gasteiger charge is 2.18. The molecular weight excluding hydrogens is 483 g/mol. The standard InChI is InChI=1S/C25H25FN6O3S/c1-32-11-10-29-25(32)21-13-18-24(36-21)20(6-9-28-18)35-19-3-2-16(12-17(19)26)31-23(34)14-22(33)30-15-4-7-27-8-5-15/h2-3,6,9-13,15,27H,4-5,7-8,14H2,1H3,(H,30,33)(H,31,34). The Balaban J connectivity index is 1.25. The zero-order valence-electron chi connectivity index (χ0n) is 19.6. The van der Waals surface area contributed by atoms with E-state index in [2.05, 4.69) is 25.9 Å². The normalized spacial score (nSPS) is 14.1. The summed E-state index contributed by atoms with van der Waals surface area (Å²) in [7, 11) is 1.91. The van der Waals surface area contributed by atoms with Crippen molar-refractivity contribution in [2.24, 2.45) is 7.05 Å². The minimum atomic E-state index is -0.641. The van der Waals surface area contributed by atoms with Gasteiger partial charge in [0.2, 0.25) is 11.8 Å². The van der Waals surface area contributed by atoms with Gasteiger partial charge in [0.05, 0.1) is 15.1 Å². The number of carbonyl (C=O) groups excluding carboxylic acids is 2. The lowest BCUT2D eigenvalue weighted by molar-refractivity contribution is -0.127. The maximum Gasteiger partial charge on any atom is 0.233 e. The van der Waals surface area contributed by atoms with Crippen molar-refractivity contribution in [3.63, 3.8) is 0 Å². The molecule has 3 aromatic heterocycles. The molecule has 3 N–H and O–H groups in total. The summed E-state index contributed by atoms with van der Waals surface area (Å²) in [5.41, 5.74) is 0.968. The molecule has 1 fully saturated rings. The third-order valence-electron chi connectivity index (χ3n) is 5.88. The highest BCUT2D eigenvalue weighted by Crippen LogP contribution is 2.39. The molecule has 4 heterocycles. The van der Waals surface area contributed by atoms with Crippen molar-refractivity contribution in [3.05, 3.63) is 54.7 Å². The molecule has 36 heavy (non-hydrogen) atoms. The molecule has 0 bridgehead atoms. The third-order valence-corrected chi connectivity index (χ3v) is 7.01. The minimum Gasteiger partial charge on any atom is -0.453 e. The summed E-state index contributed by atoms with van der Waals surface area (Å²) in [5.74, 6) is -0.211. The molecule has 0 radical (unpaired) electrons. The molecule has 9 nitrogen and oxygen atoms in total. The van der Waals surface area contributed by atoms with Crippen molar-refractivity contribution in [1.82, 2.24) is 25.2 Å². The van der Waals surface area contributed by atoms with Gasteiger partial charge in [0.1, 0.15) is 18.0 Å². The fraction of sp³-hybridized carbons (Fsp3) is 0.280. The van der Waals surface area contributed by atoms with Crippen LogP contribution in [-0.4, -0.2) is 45.5 Å². The van der Waals surface area contributed by atoms with E-state index in [1.165, 1.54) is 29.5 Å². The lowest BCUT2D eigenvalue weighted by Crippen LogP contribution is -2.43. The predicted octanol–water partition coefficient (Wildman–Crippen LogP) is 3.83. The van der Waals surface area contributed by atoms with Crippen LogP contribution in [0.1, 0.15) is 19.3 Å². The van der Waals surface area contributed by atoms with Gasteiger partial charge in [0, 0.05) is 49.5 Å². The first kappa shape index (κ1) is 23.9. The quantitative estimate of drug-likeness (QED) is 0.328. The number of rotatable bonds is 7. The van der Waals surface area contributed by atoms with Crippen molar-refractivity contribution in [2.75, 3.05) is 18.4 Å². The second-order valence-electron chi connectivity index (χ2n) is 8.56. The number of carbonyl (C=O) groups is 2. The molecule has 0 aliphatic carbocycles. The van der Waals surface area contributed by atoms with E-state index < -0.39 is 11.7 Å². The smallest absolute Gasteiger partial charge is 0.233 e. The fourth-order valence-corrected chi connectivity index (χ4v) is 5.19. The van der Waals surface area contributed by atoms with Crippen LogP contribution < -0.4 is 20.7 Å². The number of amides is 2. The molecule has 2 amide bonds. The highest BCUT2D eigenvalue weighted by atomic mass is 32.1. The van der Waals surface area contributed by atoms with Crippen LogP contribution in [0.4, 0.5) is 10.1 Å². The second-order valence-corrected chi connectivity index (χ2v) is 9.61. The number of nitrogens with one attached hydrogen (secondary N) is 3. The van der Waals surface area contributed by atoms with Gasteiger partial charge in [-0.1, -0.05) is 0 Å². The van der Waals surface area contributed by atoms with E-state index in [1.807, 2.05) is 23.9 Å². The number of pyridine rings is 1. The van der Waals surface area contributed by atoms with Crippen molar-refractivity contribution in [2.45, 2.75) is 25.3 Å². The van der Waals surface area contributed by atoms with Crippen molar-refractivity contribution in [3.8, 4) is 22.2 Å². The van der Waals surface area contributed by atoms with Crippen LogP contribution in [0.25, 0.3) is 20.9 Å². The summed E-state index contributed by atoms with van der Waals surface area (Å²) in [6.45, 7) is 1.68. The number of halogens is 1. The monoisotopic (exact) mass is 508 g/mol. The molecular formula is C25H25FN6O3S. The summed E-state index contributed by atoms with van der Waals surface area (Å²) in [4.78, 5) is 34.1. The molecule has 1 aliphatic heterocycles. The molecule has 11 heteroatoms. The Morgan fingerprint density at radius 2 is 1.97 bits per heavy atom. The number of nitrogens with zero attached hydrogens (tertiary/aromatic N) is 3. The first-order chi connectivity index (χ1) is 17.5. The van der Waals surface area contributed by atoms with Gasteiger partial charge in [-0.3, -0.25) is 14.6 Å². The molecule has 0 spiro atoms. The Labute approximate surface area is 210 Å². The SMILES string of the molecule is Cn1ccnc1-c1cc2nccc(Oc3ccc(NC(=O)CC(=O)NC4CCNCC4)cc3F)c2s1. The van der Waals surface area contributed by atoms with E-state index >= 15 is 0 Å². The van der Waals surface area contributed by atoms with Gasteiger partial charge in [0.15, 0.2) is 11.6 Å². The van der Waals surface area contributed by atoms with Crippen molar-refractivity contribution < 1.29 is 18.7 Å². The molecule has 5 rings (SSSR count). The van der Waals surface area contributed by atoms with Gasteiger partial charge in [-0.15, -0.1) is 11.3 Å². The molecule has 1 saturated heterocycles. The lowest BCUT2D eigenvalue weighted by Gasteiger charge is -2.23.